The van der Waals surface area contributed by atoms with Gasteiger partial charge in [-0.15, -0.1) is 0 Å². The van der Waals surface area contributed by atoms with Gasteiger partial charge in [0.05, 0.1) is 0 Å². The minimum Gasteiger partial charge on any atom is -0.480 e. The molecule has 24 heavy (non-hydrogen) atoms. The van der Waals surface area contributed by atoms with Gasteiger partial charge in [0, 0.05) is 0 Å². The monoisotopic (exact) mass is 318 g/mol. The second-order valence-corrected chi connectivity index (χ2v) is 5.62. The molecule has 0 saturated carbocycles. The lowest BCUT2D eigenvalue weighted by Crippen LogP contribution is -2.12. The molecule has 1 N–H and O–H groups in total. The third-order valence-electron chi connectivity index (χ3n) is 3.84. The second kappa shape index (κ2) is 7.01. The summed E-state index contributed by atoms with van der Waals surface area (Å²) in [6.07, 6.45) is -0.368. The van der Waals surface area contributed by atoms with Crippen LogP contribution in [0, 0.1) is 6.92 Å². The van der Waals surface area contributed by atoms with Gasteiger partial charge in [0.15, 0.2) is 0 Å². The minimum atomic E-state index is -0.999. The predicted octanol–water partition coefficient (Wildman–Crippen LogP) is 4.86. The van der Waals surface area contributed by atoms with Crippen molar-refractivity contribution in [1.29, 1.82) is 0 Å². The number of hydrogen-bond acceptors (Lipinski definition) is 2. The summed E-state index contributed by atoms with van der Waals surface area (Å²) in [4.78, 5) is 11.4. The van der Waals surface area contributed by atoms with Crippen molar-refractivity contribution >= 4 is 5.97 Å². The number of hydrogen-bond donors (Lipinski definition) is 1. The van der Waals surface area contributed by atoms with E-state index in [4.69, 9.17) is 4.74 Å². The van der Waals surface area contributed by atoms with Gasteiger partial charge in [-0.1, -0.05) is 72.3 Å². The lowest BCUT2D eigenvalue weighted by Gasteiger charge is -2.21. The summed E-state index contributed by atoms with van der Waals surface area (Å²) >= 11 is 0. The van der Waals surface area contributed by atoms with Crippen LogP contribution in [0.1, 0.15) is 33.2 Å². The number of aryl methyl sites for hydroxylation is 1. The zero-order chi connectivity index (χ0) is 16.9. The van der Waals surface area contributed by atoms with E-state index in [-0.39, 0.29) is 11.7 Å². The fourth-order valence-electron chi connectivity index (χ4n) is 2.57. The number of benzene rings is 3. The van der Waals surface area contributed by atoms with E-state index in [0.29, 0.717) is 5.75 Å². The molecule has 1 atom stereocenters. The molecule has 0 radical (unpaired) electrons. The number of rotatable bonds is 5. The van der Waals surface area contributed by atoms with Crippen molar-refractivity contribution in [3.63, 3.8) is 0 Å². The Bertz CT molecular complexity index is 823. The molecule has 3 aromatic carbocycles. The maximum Gasteiger partial charge on any atom is 0.339 e. The molecule has 0 aliphatic carbocycles. The van der Waals surface area contributed by atoms with Crippen molar-refractivity contribution in [3.05, 3.63) is 101 Å². The fraction of sp³-hybridized carbons (Fsp3) is 0.0952. The Morgan fingerprint density at radius 3 is 2.08 bits per heavy atom. The topological polar surface area (TPSA) is 46.5 Å². The molecule has 1 unspecified atom stereocenters. The highest BCUT2D eigenvalue weighted by atomic mass is 16.5. The SMILES string of the molecule is Cc1ccc(C(Oc2ccccc2C(=O)O)c2ccccc2)cc1. The second-order valence-electron chi connectivity index (χ2n) is 5.62. The van der Waals surface area contributed by atoms with Crippen molar-refractivity contribution in [1.82, 2.24) is 0 Å². The van der Waals surface area contributed by atoms with Crippen LogP contribution in [0.5, 0.6) is 5.75 Å². The lowest BCUT2D eigenvalue weighted by molar-refractivity contribution is 0.0690. The molecule has 3 nitrogen and oxygen atoms in total. The van der Waals surface area contributed by atoms with E-state index in [1.54, 1.807) is 24.3 Å². The highest BCUT2D eigenvalue weighted by Crippen LogP contribution is 2.30. The van der Waals surface area contributed by atoms with Crippen LogP contribution in [0.4, 0.5) is 0 Å². The number of para-hydroxylation sites is 1. The van der Waals surface area contributed by atoms with Gasteiger partial charge < -0.3 is 9.84 Å². The molecule has 0 aliphatic rings. The van der Waals surface area contributed by atoms with Gasteiger partial charge in [-0.25, -0.2) is 4.79 Å². The Morgan fingerprint density at radius 2 is 1.42 bits per heavy atom. The van der Waals surface area contributed by atoms with Crippen LogP contribution in [0.15, 0.2) is 78.9 Å². The van der Waals surface area contributed by atoms with Crippen LogP contribution in [0.3, 0.4) is 0 Å². The zero-order valence-electron chi connectivity index (χ0n) is 13.3. The van der Waals surface area contributed by atoms with Crippen LogP contribution in [-0.4, -0.2) is 11.1 Å². The van der Waals surface area contributed by atoms with Crippen LogP contribution in [0.2, 0.25) is 0 Å². The van der Waals surface area contributed by atoms with Crippen LogP contribution in [-0.2, 0) is 0 Å². The van der Waals surface area contributed by atoms with E-state index in [0.717, 1.165) is 16.7 Å². The number of ether oxygens (including phenoxy) is 1. The summed E-state index contributed by atoms with van der Waals surface area (Å²) in [6, 6.07) is 24.6. The van der Waals surface area contributed by atoms with Crippen LogP contribution in [0.25, 0.3) is 0 Å². The first-order valence-electron chi connectivity index (χ1n) is 7.75. The van der Waals surface area contributed by atoms with Gasteiger partial charge in [0.1, 0.15) is 17.4 Å². The maximum atomic E-state index is 11.4. The molecule has 3 rings (SSSR count). The molecule has 0 aromatic heterocycles. The van der Waals surface area contributed by atoms with E-state index in [1.807, 2.05) is 61.5 Å². The number of carboxylic acids is 1. The molecule has 0 aliphatic heterocycles. The molecule has 3 heteroatoms. The average molecular weight is 318 g/mol. The van der Waals surface area contributed by atoms with Gasteiger partial charge >= 0.3 is 5.97 Å². The Balaban J connectivity index is 2.03. The summed E-state index contributed by atoms with van der Waals surface area (Å²) in [5.41, 5.74) is 3.27. The largest absolute Gasteiger partial charge is 0.480 e. The summed E-state index contributed by atoms with van der Waals surface area (Å²) in [5.74, 6) is -0.638. The maximum absolute atomic E-state index is 11.4. The number of aromatic carboxylic acids is 1. The van der Waals surface area contributed by atoms with E-state index < -0.39 is 5.97 Å². The molecule has 0 amide bonds. The molecule has 3 aromatic rings. The molecular formula is C21H18O3. The molecule has 0 fully saturated rings. The Morgan fingerprint density at radius 1 is 0.833 bits per heavy atom. The quantitative estimate of drug-likeness (QED) is 0.730. The highest BCUT2D eigenvalue weighted by molar-refractivity contribution is 5.90. The van der Waals surface area contributed by atoms with Gasteiger partial charge in [-0.2, -0.15) is 0 Å². The van der Waals surface area contributed by atoms with Crippen LogP contribution < -0.4 is 4.74 Å². The van der Waals surface area contributed by atoms with Crippen molar-refractivity contribution in [3.8, 4) is 5.75 Å². The van der Waals surface area contributed by atoms with Crippen LogP contribution >= 0.6 is 0 Å². The first-order chi connectivity index (χ1) is 11.6. The van der Waals surface area contributed by atoms with Gasteiger partial charge in [-0.3, -0.25) is 0 Å². The Hall–Kier alpha value is -3.07. The molecule has 0 spiro atoms. The summed E-state index contributed by atoms with van der Waals surface area (Å²) in [5, 5.41) is 9.38. The number of carboxylic acid groups (broad SMARTS) is 1. The summed E-state index contributed by atoms with van der Waals surface area (Å²) in [7, 11) is 0. The normalized spacial score (nSPS) is 11.7. The van der Waals surface area contributed by atoms with Crippen molar-refractivity contribution in [2.75, 3.05) is 0 Å². The third kappa shape index (κ3) is 3.46. The zero-order valence-corrected chi connectivity index (χ0v) is 13.3. The minimum absolute atomic E-state index is 0.158. The van der Waals surface area contributed by atoms with E-state index in [9.17, 15) is 9.90 Å². The highest BCUT2D eigenvalue weighted by Gasteiger charge is 2.19. The first kappa shape index (κ1) is 15.8. The number of carbonyl (C=O) groups is 1. The lowest BCUT2D eigenvalue weighted by atomic mass is 10.00. The molecular weight excluding hydrogens is 300 g/mol. The van der Waals surface area contributed by atoms with Crippen molar-refractivity contribution in [2.45, 2.75) is 13.0 Å². The van der Waals surface area contributed by atoms with Crippen molar-refractivity contribution < 1.29 is 14.6 Å². The summed E-state index contributed by atoms with van der Waals surface area (Å²) in [6.45, 7) is 2.03. The molecule has 120 valence electrons. The average Bonchev–Trinajstić information content (AvgIpc) is 2.61. The molecule has 0 saturated heterocycles. The third-order valence-corrected chi connectivity index (χ3v) is 3.84. The van der Waals surface area contributed by atoms with Gasteiger partial charge in [0.2, 0.25) is 0 Å². The van der Waals surface area contributed by atoms with E-state index in [1.165, 1.54) is 0 Å². The predicted molar refractivity (Wildman–Crippen MR) is 93.5 cm³/mol. The van der Waals surface area contributed by atoms with Gasteiger partial charge in [0.25, 0.3) is 0 Å². The molecule has 0 bridgehead atoms. The fourth-order valence-corrected chi connectivity index (χ4v) is 2.57. The Kier molecular flexibility index (Phi) is 4.62. The van der Waals surface area contributed by atoms with Gasteiger partial charge in [-0.05, 0) is 30.2 Å². The van der Waals surface area contributed by atoms with E-state index in [2.05, 4.69) is 0 Å². The smallest absolute Gasteiger partial charge is 0.339 e. The Labute approximate surface area is 141 Å². The summed E-state index contributed by atoms with van der Waals surface area (Å²) < 4.78 is 6.14. The van der Waals surface area contributed by atoms with Crippen molar-refractivity contribution in [2.24, 2.45) is 0 Å². The molecule has 0 heterocycles. The standard InChI is InChI=1S/C21H18O3/c1-15-11-13-17(14-12-15)20(16-7-3-2-4-8-16)24-19-10-6-5-9-18(19)21(22)23/h2-14,20H,1H3,(H,22,23). The first-order valence-corrected chi connectivity index (χ1v) is 7.75. The van der Waals surface area contributed by atoms with E-state index >= 15 is 0 Å².